The summed E-state index contributed by atoms with van der Waals surface area (Å²) in [6.07, 6.45) is -2.62. The molecule has 12 heteroatoms. The van der Waals surface area contributed by atoms with E-state index in [9.17, 15) is 31.9 Å². The fraction of sp³-hybridized carbons (Fsp3) is 0.857. The SMILES string of the molecule is CC(C)(C)OC(=O)NCCN1C[C@@H](NC(=O)C2CC(F)(F)C2)[C@H](NC(=O)C2CC(F)(F)C2)C1. The zero-order valence-corrected chi connectivity index (χ0v) is 19.1. The Labute approximate surface area is 190 Å². The van der Waals surface area contributed by atoms with E-state index >= 15 is 0 Å². The lowest BCUT2D eigenvalue weighted by Crippen LogP contribution is -2.56. The maximum atomic E-state index is 13.1. The van der Waals surface area contributed by atoms with Gasteiger partial charge < -0.3 is 20.7 Å². The molecule has 0 aromatic carbocycles. The lowest BCUT2D eigenvalue weighted by molar-refractivity contribution is -0.152. The molecule has 3 amide bonds. The van der Waals surface area contributed by atoms with Gasteiger partial charge in [0.25, 0.3) is 0 Å². The van der Waals surface area contributed by atoms with Crippen molar-refractivity contribution in [2.45, 2.75) is 76.0 Å². The summed E-state index contributed by atoms with van der Waals surface area (Å²) < 4.78 is 57.7. The summed E-state index contributed by atoms with van der Waals surface area (Å²) in [6.45, 7) is 6.49. The Hall–Kier alpha value is -2.11. The molecule has 0 unspecified atom stereocenters. The first-order valence-electron chi connectivity index (χ1n) is 11.2. The van der Waals surface area contributed by atoms with Gasteiger partial charge in [0.15, 0.2) is 0 Å². The van der Waals surface area contributed by atoms with Crippen LogP contribution in [0, 0.1) is 11.8 Å². The second kappa shape index (κ2) is 9.27. The van der Waals surface area contributed by atoms with Gasteiger partial charge in [0.2, 0.25) is 23.7 Å². The van der Waals surface area contributed by atoms with Crippen LogP contribution in [0.15, 0.2) is 0 Å². The minimum atomic E-state index is -2.83. The maximum Gasteiger partial charge on any atom is 0.407 e. The summed E-state index contributed by atoms with van der Waals surface area (Å²) in [7, 11) is 0. The summed E-state index contributed by atoms with van der Waals surface area (Å²) in [6, 6.07) is -1.12. The van der Waals surface area contributed by atoms with Crippen molar-refractivity contribution < 1.29 is 36.7 Å². The lowest BCUT2D eigenvalue weighted by Gasteiger charge is -2.36. The van der Waals surface area contributed by atoms with Gasteiger partial charge in [0.1, 0.15) is 5.60 Å². The first kappa shape index (κ1) is 25.5. The summed E-state index contributed by atoms with van der Waals surface area (Å²) in [4.78, 5) is 38.4. The van der Waals surface area contributed by atoms with E-state index in [1.807, 2.05) is 4.90 Å². The molecule has 2 saturated carbocycles. The first-order valence-corrected chi connectivity index (χ1v) is 11.2. The van der Waals surface area contributed by atoms with Crippen LogP contribution in [0.2, 0.25) is 0 Å². The van der Waals surface area contributed by atoms with Gasteiger partial charge in [-0.15, -0.1) is 0 Å². The number of rotatable bonds is 7. The molecule has 1 heterocycles. The van der Waals surface area contributed by atoms with Gasteiger partial charge in [-0.25, -0.2) is 22.4 Å². The van der Waals surface area contributed by atoms with Crippen molar-refractivity contribution >= 4 is 17.9 Å². The molecule has 1 saturated heterocycles. The van der Waals surface area contributed by atoms with E-state index in [4.69, 9.17) is 4.74 Å². The van der Waals surface area contributed by atoms with Crippen LogP contribution in [0.1, 0.15) is 46.5 Å². The molecule has 33 heavy (non-hydrogen) atoms. The van der Waals surface area contributed by atoms with Crippen LogP contribution in [0.5, 0.6) is 0 Å². The van der Waals surface area contributed by atoms with E-state index in [1.165, 1.54) is 0 Å². The number of amides is 3. The Bertz CT molecular complexity index is 712. The Balaban J connectivity index is 1.52. The maximum absolute atomic E-state index is 13.1. The van der Waals surface area contributed by atoms with Crippen molar-refractivity contribution in [2.24, 2.45) is 11.8 Å². The highest BCUT2D eigenvalue weighted by Crippen LogP contribution is 2.43. The van der Waals surface area contributed by atoms with Crippen molar-refractivity contribution in [2.75, 3.05) is 26.2 Å². The molecule has 3 fully saturated rings. The number of ether oxygens (including phenoxy) is 1. The molecule has 1 aliphatic heterocycles. The van der Waals surface area contributed by atoms with Crippen molar-refractivity contribution in [3.63, 3.8) is 0 Å². The summed E-state index contributed by atoms with van der Waals surface area (Å²) in [5, 5.41) is 8.10. The molecule has 3 aliphatic rings. The molecule has 0 spiro atoms. The standard InChI is InChI=1S/C21H32F4N4O4/c1-19(2,3)33-18(32)26-4-5-29-10-14(27-16(30)12-6-20(22,23)7-12)15(11-29)28-17(31)13-8-21(24,25)9-13/h12-15H,4-11H2,1-3H3,(H,26,32)(H,27,30)(H,28,31)/t14-,15-/m1/s1. The number of nitrogens with one attached hydrogen (secondary N) is 3. The van der Waals surface area contributed by atoms with Gasteiger partial charge in [0, 0.05) is 63.7 Å². The largest absolute Gasteiger partial charge is 0.444 e. The molecular weight excluding hydrogens is 448 g/mol. The molecule has 2 aliphatic carbocycles. The molecule has 0 bridgehead atoms. The number of nitrogens with zero attached hydrogens (tertiary/aromatic N) is 1. The van der Waals surface area contributed by atoms with Crippen LogP contribution in [-0.4, -0.2) is 78.5 Å². The third kappa shape index (κ3) is 7.18. The Morgan fingerprint density at radius 1 is 0.879 bits per heavy atom. The van der Waals surface area contributed by atoms with Crippen molar-refractivity contribution in [3.8, 4) is 0 Å². The molecular formula is C21H32F4N4O4. The number of hydrogen-bond donors (Lipinski definition) is 3. The fourth-order valence-corrected chi connectivity index (χ4v) is 4.28. The third-order valence-electron chi connectivity index (χ3n) is 6.07. The number of halogens is 4. The smallest absolute Gasteiger partial charge is 0.407 e. The highest BCUT2D eigenvalue weighted by Gasteiger charge is 2.51. The Morgan fingerprint density at radius 3 is 1.67 bits per heavy atom. The first-order chi connectivity index (χ1) is 15.1. The average Bonchev–Trinajstić information content (AvgIpc) is 2.96. The second-order valence-corrected chi connectivity index (χ2v) is 10.3. The quantitative estimate of drug-likeness (QED) is 0.484. The van der Waals surface area contributed by atoms with E-state index in [-0.39, 0.29) is 6.54 Å². The van der Waals surface area contributed by atoms with Crippen LogP contribution in [0.4, 0.5) is 22.4 Å². The second-order valence-electron chi connectivity index (χ2n) is 10.3. The lowest BCUT2D eigenvalue weighted by atomic mass is 9.80. The zero-order chi connectivity index (χ0) is 24.6. The van der Waals surface area contributed by atoms with Crippen LogP contribution < -0.4 is 16.0 Å². The van der Waals surface area contributed by atoms with Gasteiger partial charge in [-0.2, -0.15) is 0 Å². The molecule has 2 atom stereocenters. The number of carbonyl (C=O) groups is 3. The summed E-state index contributed by atoms with van der Waals surface area (Å²) in [5.74, 6) is -8.25. The number of likely N-dealkylation sites (tertiary alicyclic amines) is 1. The Kier molecular flexibility index (Phi) is 7.16. The highest BCUT2D eigenvalue weighted by atomic mass is 19.3. The monoisotopic (exact) mass is 480 g/mol. The average molecular weight is 481 g/mol. The predicted octanol–water partition coefficient (Wildman–Crippen LogP) is 1.89. The summed E-state index contributed by atoms with van der Waals surface area (Å²) in [5.41, 5.74) is -0.640. The third-order valence-corrected chi connectivity index (χ3v) is 6.07. The van der Waals surface area contributed by atoms with Gasteiger partial charge in [0.05, 0.1) is 12.1 Å². The van der Waals surface area contributed by atoms with E-state index in [0.717, 1.165) is 0 Å². The minimum Gasteiger partial charge on any atom is -0.444 e. The van der Waals surface area contributed by atoms with Crippen molar-refractivity contribution in [1.29, 1.82) is 0 Å². The van der Waals surface area contributed by atoms with Gasteiger partial charge in [-0.3, -0.25) is 14.5 Å². The number of carbonyl (C=O) groups excluding carboxylic acids is 3. The number of hydrogen-bond acceptors (Lipinski definition) is 5. The minimum absolute atomic E-state index is 0.250. The number of alkyl carbamates (subject to hydrolysis) is 1. The van der Waals surface area contributed by atoms with E-state index in [1.54, 1.807) is 20.8 Å². The molecule has 8 nitrogen and oxygen atoms in total. The topological polar surface area (TPSA) is 99.8 Å². The van der Waals surface area contributed by atoms with Crippen LogP contribution in [0.3, 0.4) is 0 Å². The van der Waals surface area contributed by atoms with Crippen LogP contribution in [-0.2, 0) is 14.3 Å². The van der Waals surface area contributed by atoms with Gasteiger partial charge in [-0.05, 0) is 20.8 Å². The van der Waals surface area contributed by atoms with Crippen LogP contribution in [0.25, 0.3) is 0 Å². The van der Waals surface area contributed by atoms with Crippen molar-refractivity contribution in [3.05, 3.63) is 0 Å². The molecule has 0 aromatic rings. The van der Waals surface area contributed by atoms with Gasteiger partial charge >= 0.3 is 6.09 Å². The van der Waals surface area contributed by atoms with E-state index in [0.29, 0.717) is 19.6 Å². The number of alkyl halides is 4. The van der Waals surface area contributed by atoms with E-state index in [2.05, 4.69) is 16.0 Å². The summed E-state index contributed by atoms with van der Waals surface area (Å²) >= 11 is 0. The Morgan fingerprint density at radius 2 is 1.30 bits per heavy atom. The van der Waals surface area contributed by atoms with Gasteiger partial charge in [-0.1, -0.05) is 0 Å². The van der Waals surface area contributed by atoms with Crippen molar-refractivity contribution in [1.82, 2.24) is 20.9 Å². The molecule has 0 aromatic heterocycles. The predicted molar refractivity (Wildman–Crippen MR) is 110 cm³/mol. The molecule has 3 rings (SSSR count). The molecule has 3 N–H and O–H groups in total. The highest BCUT2D eigenvalue weighted by molar-refractivity contribution is 5.82. The zero-order valence-electron chi connectivity index (χ0n) is 19.1. The van der Waals surface area contributed by atoms with Crippen LogP contribution >= 0.6 is 0 Å². The normalized spacial score (nSPS) is 27.2. The van der Waals surface area contributed by atoms with E-state index < -0.39 is 85.0 Å². The molecule has 0 radical (unpaired) electrons. The molecule has 188 valence electrons. The fourth-order valence-electron chi connectivity index (χ4n) is 4.28.